The van der Waals surface area contributed by atoms with Gasteiger partial charge in [-0.25, -0.2) is 0 Å². The molecule has 2 saturated heterocycles. The third kappa shape index (κ3) is 4.49. The van der Waals surface area contributed by atoms with Crippen LogP contribution in [-0.4, -0.2) is 77.2 Å². The van der Waals surface area contributed by atoms with Crippen molar-refractivity contribution >= 4 is 23.6 Å². The molecular weight excluding hydrogens is 470 g/mol. The summed E-state index contributed by atoms with van der Waals surface area (Å²) < 4.78 is 5.47. The lowest BCUT2D eigenvalue weighted by Gasteiger charge is -2.39. The first-order valence-electron chi connectivity index (χ1n) is 13.2. The summed E-state index contributed by atoms with van der Waals surface area (Å²) in [7, 11) is 0. The first-order valence-corrected chi connectivity index (χ1v) is 13.2. The number of fused-ring (bicyclic) bond motifs is 1. The van der Waals surface area contributed by atoms with E-state index >= 15 is 0 Å². The molecule has 0 aromatic heterocycles. The molecule has 0 saturated carbocycles. The molecule has 0 bridgehead atoms. The van der Waals surface area contributed by atoms with Gasteiger partial charge in [0.05, 0.1) is 17.7 Å². The van der Waals surface area contributed by atoms with Crippen molar-refractivity contribution in [2.45, 2.75) is 45.6 Å². The maximum Gasteiger partial charge on any atom is 0.262 e. The number of carbonyl (C=O) groups excluding carboxylic acids is 4. The number of carbonyl (C=O) groups is 4. The number of imide groups is 1. The van der Waals surface area contributed by atoms with E-state index in [0.29, 0.717) is 55.9 Å². The van der Waals surface area contributed by atoms with Crippen molar-refractivity contribution in [2.24, 2.45) is 5.41 Å². The summed E-state index contributed by atoms with van der Waals surface area (Å²) in [6.45, 7) is 6.82. The lowest BCUT2D eigenvalue weighted by molar-refractivity contribution is -0.135. The summed E-state index contributed by atoms with van der Waals surface area (Å²) in [5.74, 6) is -0.187. The van der Waals surface area contributed by atoms with Gasteiger partial charge in [-0.05, 0) is 74.4 Å². The van der Waals surface area contributed by atoms with Crippen LogP contribution in [0.15, 0.2) is 48.5 Å². The Labute approximate surface area is 217 Å². The molecule has 0 radical (unpaired) electrons. The minimum absolute atomic E-state index is 0.0144. The highest BCUT2D eigenvalue weighted by molar-refractivity contribution is 6.22. The molecule has 1 unspecified atom stereocenters. The van der Waals surface area contributed by atoms with E-state index in [-0.39, 0.29) is 17.2 Å². The molecule has 8 nitrogen and oxygen atoms in total. The first kappa shape index (κ1) is 25.0. The molecule has 3 heterocycles. The highest BCUT2D eigenvalue weighted by Gasteiger charge is 2.47. The molecule has 8 heteroatoms. The number of piperidine rings is 1. The standard InChI is InChI=1S/C29H33N3O5/c1-3-24(32-26(34)22-7-5-6-8-23(22)27(32)35)28(36)31-18-15-29(19-31)13-16-30(17-14-29)25(33)20-9-11-21(12-10-20)37-4-2/h5-12,24H,3-4,13-19H2,1-2H3. The summed E-state index contributed by atoms with van der Waals surface area (Å²) in [6, 6.07) is 13.2. The van der Waals surface area contributed by atoms with E-state index in [0.717, 1.165) is 29.9 Å². The van der Waals surface area contributed by atoms with E-state index in [1.807, 2.05) is 35.8 Å². The SMILES string of the molecule is CCOc1ccc(C(=O)N2CCC3(CC2)CCN(C(=O)C(CC)N2C(=O)c4ccccc4C2=O)C3)cc1. The summed E-state index contributed by atoms with van der Waals surface area (Å²) in [4.78, 5) is 57.4. The fraction of sp³-hybridized carbons (Fsp3) is 0.448. The second kappa shape index (κ2) is 10.00. The van der Waals surface area contributed by atoms with Crippen molar-refractivity contribution in [1.29, 1.82) is 0 Å². The predicted octanol–water partition coefficient (Wildman–Crippen LogP) is 3.61. The van der Waals surface area contributed by atoms with Crippen molar-refractivity contribution < 1.29 is 23.9 Å². The summed E-state index contributed by atoms with van der Waals surface area (Å²) in [6.07, 6.45) is 2.88. The zero-order valence-electron chi connectivity index (χ0n) is 21.4. The van der Waals surface area contributed by atoms with Crippen molar-refractivity contribution in [3.05, 3.63) is 65.2 Å². The third-order valence-corrected chi connectivity index (χ3v) is 8.08. The third-order valence-electron chi connectivity index (χ3n) is 8.08. The number of amides is 4. The van der Waals surface area contributed by atoms with Crippen molar-refractivity contribution in [3.8, 4) is 5.75 Å². The Kier molecular flexibility index (Phi) is 6.75. The monoisotopic (exact) mass is 503 g/mol. The molecule has 3 aliphatic heterocycles. The molecule has 1 atom stereocenters. The number of nitrogens with zero attached hydrogens (tertiary/aromatic N) is 3. The van der Waals surface area contributed by atoms with Crippen LogP contribution < -0.4 is 4.74 Å². The van der Waals surface area contributed by atoms with Gasteiger partial charge in [0.15, 0.2) is 0 Å². The van der Waals surface area contributed by atoms with E-state index < -0.39 is 17.9 Å². The second-order valence-electron chi connectivity index (χ2n) is 10.2. The summed E-state index contributed by atoms with van der Waals surface area (Å²) >= 11 is 0. The molecule has 4 amide bonds. The van der Waals surface area contributed by atoms with Crippen molar-refractivity contribution in [3.63, 3.8) is 0 Å². The van der Waals surface area contributed by atoms with Crippen LogP contribution in [0.5, 0.6) is 5.75 Å². The average Bonchev–Trinajstić information content (AvgIpc) is 3.45. The maximum absolute atomic E-state index is 13.6. The van der Waals surface area contributed by atoms with Gasteiger partial charge in [-0.2, -0.15) is 0 Å². The van der Waals surface area contributed by atoms with Crippen LogP contribution in [0.4, 0.5) is 0 Å². The van der Waals surface area contributed by atoms with E-state index in [9.17, 15) is 19.2 Å². The lowest BCUT2D eigenvalue weighted by atomic mass is 9.77. The lowest BCUT2D eigenvalue weighted by Crippen LogP contribution is -2.51. The van der Waals surface area contributed by atoms with Crippen LogP contribution >= 0.6 is 0 Å². The average molecular weight is 504 g/mol. The van der Waals surface area contributed by atoms with E-state index in [4.69, 9.17) is 4.74 Å². The van der Waals surface area contributed by atoms with Crippen molar-refractivity contribution in [2.75, 3.05) is 32.8 Å². The van der Waals surface area contributed by atoms with E-state index in [2.05, 4.69) is 0 Å². The Morgan fingerprint density at radius 1 is 0.865 bits per heavy atom. The Balaban J connectivity index is 1.21. The molecule has 2 fully saturated rings. The van der Waals surface area contributed by atoms with E-state index in [1.165, 1.54) is 0 Å². The van der Waals surface area contributed by atoms with Gasteiger partial charge in [-0.1, -0.05) is 19.1 Å². The van der Waals surface area contributed by atoms with Gasteiger partial charge in [0.1, 0.15) is 11.8 Å². The van der Waals surface area contributed by atoms with Crippen LogP contribution in [0.25, 0.3) is 0 Å². The topological polar surface area (TPSA) is 87.2 Å². The Morgan fingerprint density at radius 2 is 1.43 bits per heavy atom. The molecular formula is C29H33N3O5. The van der Waals surface area contributed by atoms with Crippen LogP contribution in [0.1, 0.15) is 70.6 Å². The van der Waals surface area contributed by atoms with Gasteiger partial charge in [-0.15, -0.1) is 0 Å². The summed E-state index contributed by atoms with van der Waals surface area (Å²) in [5, 5.41) is 0. The smallest absolute Gasteiger partial charge is 0.262 e. The number of benzene rings is 2. The molecule has 2 aromatic rings. The Bertz CT molecular complexity index is 1180. The van der Waals surface area contributed by atoms with Gasteiger partial charge in [-0.3, -0.25) is 24.1 Å². The number of hydrogen-bond donors (Lipinski definition) is 0. The fourth-order valence-electron chi connectivity index (χ4n) is 5.93. The highest BCUT2D eigenvalue weighted by atomic mass is 16.5. The van der Waals surface area contributed by atoms with Gasteiger partial charge in [0.25, 0.3) is 17.7 Å². The maximum atomic E-state index is 13.6. The van der Waals surface area contributed by atoms with Crippen LogP contribution in [-0.2, 0) is 4.79 Å². The van der Waals surface area contributed by atoms with Gasteiger partial charge < -0.3 is 14.5 Å². The van der Waals surface area contributed by atoms with Gasteiger partial charge >= 0.3 is 0 Å². The zero-order chi connectivity index (χ0) is 26.2. The molecule has 3 aliphatic rings. The molecule has 194 valence electrons. The number of ether oxygens (including phenoxy) is 1. The van der Waals surface area contributed by atoms with E-state index in [1.54, 1.807) is 36.4 Å². The largest absolute Gasteiger partial charge is 0.494 e. The van der Waals surface area contributed by atoms with Gasteiger partial charge in [0.2, 0.25) is 5.91 Å². The number of hydrogen-bond acceptors (Lipinski definition) is 5. The second-order valence-corrected chi connectivity index (χ2v) is 10.2. The number of likely N-dealkylation sites (tertiary alicyclic amines) is 2. The minimum atomic E-state index is -0.802. The number of rotatable bonds is 6. The normalized spacial score (nSPS) is 19.4. The summed E-state index contributed by atoms with van der Waals surface area (Å²) in [5.41, 5.74) is 1.34. The predicted molar refractivity (Wildman–Crippen MR) is 137 cm³/mol. The highest BCUT2D eigenvalue weighted by Crippen LogP contribution is 2.41. The molecule has 37 heavy (non-hydrogen) atoms. The zero-order valence-corrected chi connectivity index (χ0v) is 21.4. The Hall–Kier alpha value is -3.68. The Morgan fingerprint density at radius 3 is 1.97 bits per heavy atom. The minimum Gasteiger partial charge on any atom is -0.494 e. The van der Waals surface area contributed by atoms with Gasteiger partial charge in [0, 0.05) is 31.7 Å². The molecule has 0 aliphatic carbocycles. The molecule has 2 aromatic carbocycles. The van der Waals surface area contributed by atoms with Crippen LogP contribution in [0.2, 0.25) is 0 Å². The van der Waals surface area contributed by atoms with Crippen LogP contribution in [0.3, 0.4) is 0 Å². The molecule has 0 N–H and O–H groups in total. The molecule has 1 spiro atoms. The van der Waals surface area contributed by atoms with Crippen molar-refractivity contribution in [1.82, 2.24) is 14.7 Å². The van der Waals surface area contributed by atoms with Crippen LogP contribution in [0, 0.1) is 5.41 Å². The quantitative estimate of drug-likeness (QED) is 0.562. The fourth-order valence-corrected chi connectivity index (χ4v) is 5.93. The first-order chi connectivity index (χ1) is 17.9. The molecule has 5 rings (SSSR count).